The minimum atomic E-state index is -0.0576. The number of nitrogens with two attached hydrogens (primary N) is 1. The van der Waals surface area contributed by atoms with Crippen molar-refractivity contribution in [3.05, 3.63) is 0 Å². The number of aliphatic hydroxyl groups excluding tert-OH is 1. The van der Waals surface area contributed by atoms with Gasteiger partial charge < -0.3 is 10.8 Å². The van der Waals surface area contributed by atoms with Gasteiger partial charge in [0.1, 0.15) is 0 Å². The summed E-state index contributed by atoms with van der Waals surface area (Å²) >= 11 is 0. The van der Waals surface area contributed by atoms with E-state index in [-0.39, 0.29) is 12.1 Å². The highest BCUT2D eigenvalue weighted by Gasteiger charge is 2.16. The first-order valence-electron chi connectivity index (χ1n) is 5.02. The number of unbranched alkanes of at least 4 members (excludes halogenated alkanes) is 2. The molecule has 0 rings (SSSR count). The molecular weight excluding hydrogens is 150 g/mol. The Bertz CT molecular complexity index is 102. The van der Waals surface area contributed by atoms with Crippen LogP contribution in [-0.2, 0) is 0 Å². The minimum Gasteiger partial charge on any atom is -0.396 e. The average molecular weight is 173 g/mol. The van der Waals surface area contributed by atoms with Crippen LogP contribution >= 0.6 is 0 Å². The molecule has 0 saturated carbocycles. The zero-order valence-electron chi connectivity index (χ0n) is 8.47. The Balaban J connectivity index is 3.42. The molecule has 12 heavy (non-hydrogen) atoms. The van der Waals surface area contributed by atoms with E-state index in [0.29, 0.717) is 0 Å². The molecule has 0 aliphatic heterocycles. The molecule has 0 heterocycles. The molecule has 0 fully saturated rings. The van der Waals surface area contributed by atoms with Gasteiger partial charge in [0.15, 0.2) is 0 Å². The molecule has 1 unspecified atom stereocenters. The van der Waals surface area contributed by atoms with Crippen molar-refractivity contribution in [2.24, 2.45) is 5.73 Å². The fraction of sp³-hybridized carbons (Fsp3) is 1.00. The van der Waals surface area contributed by atoms with Gasteiger partial charge in [-0.1, -0.05) is 26.2 Å². The first kappa shape index (κ1) is 11.9. The Hall–Kier alpha value is -0.0800. The molecule has 2 nitrogen and oxygen atoms in total. The third-order valence-corrected chi connectivity index (χ3v) is 2.26. The van der Waals surface area contributed by atoms with E-state index in [4.69, 9.17) is 10.8 Å². The molecular formula is C10H23NO. The Morgan fingerprint density at radius 1 is 1.17 bits per heavy atom. The maximum Gasteiger partial charge on any atom is 0.0431 e. The monoisotopic (exact) mass is 173 g/mol. The van der Waals surface area contributed by atoms with Crippen LogP contribution in [0.15, 0.2) is 0 Å². The van der Waals surface area contributed by atoms with Crippen molar-refractivity contribution in [2.75, 3.05) is 6.61 Å². The average Bonchev–Trinajstić information content (AvgIpc) is 2.01. The van der Waals surface area contributed by atoms with Gasteiger partial charge in [-0.05, 0) is 26.2 Å². The molecule has 0 spiro atoms. The van der Waals surface area contributed by atoms with Gasteiger partial charge in [-0.25, -0.2) is 0 Å². The van der Waals surface area contributed by atoms with Crippen LogP contribution in [0.1, 0.15) is 52.4 Å². The van der Waals surface area contributed by atoms with Crippen LogP contribution in [0, 0.1) is 0 Å². The third kappa shape index (κ3) is 6.62. The number of hydrogen-bond donors (Lipinski definition) is 2. The summed E-state index contributed by atoms with van der Waals surface area (Å²) in [5.74, 6) is 0. The zero-order chi connectivity index (χ0) is 9.45. The third-order valence-electron chi connectivity index (χ3n) is 2.26. The van der Waals surface area contributed by atoms with Gasteiger partial charge in [0.05, 0.1) is 0 Å². The summed E-state index contributed by atoms with van der Waals surface area (Å²) in [5.41, 5.74) is 5.97. The van der Waals surface area contributed by atoms with Crippen molar-refractivity contribution in [3.8, 4) is 0 Å². The molecule has 2 heteroatoms. The molecule has 0 amide bonds. The van der Waals surface area contributed by atoms with Crippen LogP contribution < -0.4 is 5.73 Å². The summed E-state index contributed by atoms with van der Waals surface area (Å²) in [6.07, 6.45) is 6.59. The van der Waals surface area contributed by atoms with Crippen molar-refractivity contribution in [1.82, 2.24) is 0 Å². The predicted octanol–water partition coefficient (Wildman–Crippen LogP) is 2.06. The van der Waals surface area contributed by atoms with Gasteiger partial charge >= 0.3 is 0 Å². The Labute approximate surface area is 76.2 Å². The number of hydrogen-bond acceptors (Lipinski definition) is 2. The second kappa shape index (κ2) is 6.44. The Morgan fingerprint density at radius 2 is 1.75 bits per heavy atom. The van der Waals surface area contributed by atoms with Crippen LogP contribution in [0.25, 0.3) is 0 Å². The lowest BCUT2D eigenvalue weighted by molar-refractivity contribution is 0.259. The highest BCUT2D eigenvalue weighted by Crippen LogP contribution is 2.16. The number of rotatable bonds is 7. The van der Waals surface area contributed by atoms with E-state index in [9.17, 15) is 0 Å². The lowest BCUT2D eigenvalue weighted by atomic mass is 9.91. The van der Waals surface area contributed by atoms with Crippen molar-refractivity contribution in [1.29, 1.82) is 0 Å². The second-order valence-corrected chi connectivity index (χ2v) is 3.94. The van der Waals surface area contributed by atoms with E-state index < -0.39 is 0 Å². The van der Waals surface area contributed by atoms with Crippen molar-refractivity contribution in [3.63, 3.8) is 0 Å². The lowest BCUT2D eigenvalue weighted by Gasteiger charge is -2.24. The van der Waals surface area contributed by atoms with Gasteiger partial charge in [0.25, 0.3) is 0 Å². The highest BCUT2D eigenvalue weighted by molar-refractivity contribution is 4.77. The van der Waals surface area contributed by atoms with Crippen LogP contribution in [0.5, 0.6) is 0 Å². The molecule has 0 bridgehead atoms. The maximum absolute atomic E-state index is 8.65. The molecule has 3 N–H and O–H groups in total. The molecule has 0 radical (unpaired) electrons. The van der Waals surface area contributed by atoms with Crippen LogP contribution in [-0.4, -0.2) is 17.3 Å². The number of aliphatic hydroxyl groups is 1. The van der Waals surface area contributed by atoms with Crippen molar-refractivity contribution in [2.45, 2.75) is 57.9 Å². The molecule has 74 valence electrons. The SMILES string of the molecule is CCCCCC(C)(N)CCCO. The Kier molecular flexibility index (Phi) is 6.39. The van der Waals surface area contributed by atoms with E-state index in [1.165, 1.54) is 19.3 Å². The van der Waals surface area contributed by atoms with Gasteiger partial charge in [-0.15, -0.1) is 0 Å². The van der Waals surface area contributed by atoms with Gasteiger partial charge in [-0.2, -0.15) is 0 Å². The van der Waals surface area contributed by atoms with E-state index in [0.717, 1.165) is 19.3 Å². The molecule has 0 aromatic carbocycles. The van der Waals surface area contributed by atoms with Crippen molar-refractivity contribution >= 4 is 0 Å². The highest BCUT2D eigenvalue weighted by atomic mass is 16.2. The smallest absolute Gasteiger partial charge is 0.0431 e. The summed E-state index contributed by atoms with van der Waals surface area (Å²) in [6, 6.07) is 0. The lowest BCUT2D eigenvalue weighted by Crippen LogP contribution is -2.36. The summed E-state index contributed by atoms with van der Waals surface area (Å²) in [6.45, 7) is 4.54. The fourth-order valence-corrected chi connectivity index (χ4v) is 1.39. The van der Waals surface area contributed by atoms with Gasteiger partial charge in [0, 0.05) is 12.1 Å². The van der Waals surface area contributed by atoms with Crippen LogP contribution in [0.3, 0.4) is 0 Å². The van der Waals surface area contributed by atoms with Crippen LogP contribution in [0.2, 0.25) is 0 Å². The molecule has 0 saturated heterocycles. The van der Waals surface area contributed by atoms with E-state index in [1.54, 1.807) is 0 Å². The van der Waals surface area contributed by atoms with E-state index >= 15 is 0 Å². The molecule has 0 aliphatic carbocycles. The summed E-state index contributed by atoms with van der Waals surface area (Å²) < 4.78 is 0. The van der Waals surface area contributed by atoms with Gasteiger partial charge in [-0.3, -0.25) is 0 Å². The topological polar surface area (TPSA) is 46.2 Å². The second-order valence-electron chi connectivity index (χ2n) is 3.94. The first-order chi connectivity index (χ1) is 5.62. The quantitative estimate of drug-likeness (QED) is 0.579. The predicted molar refractivity (Wildman–Crippen MR) is 53.1 cm³/mol. The fourth-order valence-electron chi connectivity index (χ4n) is 1.39. The van der Waals surface area contributed by atoms with E-state index in [1.807, 2.05) is 0 Å². The van der Waals surface area contributed by atoms with E-state index in [2.05, 4.69) is 13.8 Å². The van der Waals surface area contributed by atoms with Crippen LogP contribution in [0.4, 0.5) is 0 Å². The first-order valence-corrected chi connectivity index (χ1v) is 5.02. The largest absolute Gasteiger partial charge is 0.396 e. The zero-order valence-corrected chi connectivity index (χ0v) is 8.47. The Morgan fingerprint density at radius 3 is 2.25 bits per heavy atom. The molecule has 1 atom stereocenters. The molecule has 0 aromatic heterocycles. The normalized spacial score (nSPS) is 16.0. The summed E-state index contributed by atoms with van der Waals surface area (Å²) in [7, 11) is 0. The standard InChI is InChI=1S/C10H23NO/c1-3-4-5-7-10(2,11)8-6-9-12/h12H,3-9,11H2,1-2H3. The summed E-state index contributed by atoms with van der Waals surface area (Å²) in [5, 5.41) is 8.65. The minimum absolute atomic E-state index is 0.0576. The van der Waals surface area contributed by atoms with Crippen molar-refractivity contribution < 1.29 is 5.11 Å². The summed E-state index contributed by atoms with van der Waals surface area (Å²) in [4.78, 5) is 0. The maximum atomic E-state index is 8.65. The molecule has 0 aromatic rings. The van der Waals surface area contributed by atoms with Gasteiger partial charge in [0.2, 0.25) is 0 Å². The molecule has 0 aliphatic rings.